The SMILES string of the molecule is C.CCOC(=O)c1c(N2CCN(C(=O)c3ccc(Cl)cc3)CC2)c2ccccc2n(C)c1=O. The molecule has 0 N–H and O–H groups in total. The number of hydrogen-bond acceptors (Lipinski definition) is 5. The largest absolute Gasteiger partial charge is 0.462 e. The van der Waals surface area contributed by atoms with Crippen molar-refractivity contribution in [2.45, 2.75) is 14.4 Å². The number of benzene rings is 2. The van der Waals surface area contributed by atoms with Crippen LogP contribution < -0.4 is 10.5 Å². The summed E-state index contributed by atoms with van der Waals surface area (Å²) in [6.07, 6.45) is 0. The molecule has 7 nitrogen and oxygen atoms in total. The number of ether oxygens (including phenoxy) is 1. The predicted octanol–water partition coefficient (Wildman–Crippen LogP) is 3.97. The quantitative estimate of drug-likeness (QED) is 0.541. The van der Waals surface area contributed by atoms with Crippen molar-refractivity contribution in [3.8, 4) is 0 Å². The molecule has 1 aliphatic heterocycles. The number of rotatable bonds is 4. The third kappa shape index (κ3) is 4.59. The van der Waals surface area contributed by atoms with Crippen molar-refractivity contribution in [1.82, 2.24) is 9.47 Å². The van der Waals surface area contributed by atoms with Crippen LogP contribution in [-0.4, -0.2) is 54.1 Å². The Morgan fingerprint density at radius 1 is 1.00 bits per heavy atom. The van der Waals surface area contributed by atoms with Gasteiger partial charge < -0.3 is 19.1 Å². The summed E-state index contributed by atoms with van der Waals surface area (Å²) < 4.78 is 6.69. The highest BCUT2D eigenvalue weighted by Gasteiger charge is 2.29. The Hall–Kier alpha value is -3.32. The third-order valence-electron chi connectivity index (χ3n) is 5.73. The molecule has 0 aliphatic carbocycles. The van der Waals surface area contributed by atoms with Crippen LogP contribution in [0.15, 0.2) is 53.3 Å². The van der Waals surface area contributed by atoms with E-state index in [1.54, 1.807) is 43.1 Å². The first-order valence-electron chi connectivity index (χ1n) is 10.5. The maximum absolute atomic E-state index is 13.1. The number of aromatic nitrogens is 1. The zero-order valence-corrected chi connectivity index (χ0v) is 18.8. The molecule has 8 heteroatoms. The van der Waals surface area contributed by atoms with Crippen LogP contribution in [0.5, 0.6) is 0 Å². The Kier molecular flexibility index (Phi) is 7.43. The molecule has 0 saturated carbocycles. The summed E-state index contributed by atoms with van der Waals surface area (Å²) in [6.45, 7) is 3.80. The fourth-order valence-corrected chi connectivity index (χ4v) is 4.23. The summed E-state index contributed by atoms with van der Waals surface area (Å²) >= 11 is 5.93. The number of hydrogen-bond donors (Lipinski definition) is 0. The minimum atomic E-state index is -0.631. The zero-order valence-electron chi connectivity index (χ0n) is 18.0. The van der Waals surface area contributed by atoms with Gasteiger partial charge >= 0.3 is 5.97 Å². The standard InChI is InChI=1S/C24H24ClN3O4.CH4/c1-3-32-24(31)20-21(18-6-4-5-7-19(18)26(2)23(20)30)27-12-14-28(15-13-27)22(29)16-8-10-17(25)11-9-16;/h4-11H,3,12-15H2,1-2H3;1H4. The van der Waals surface area contributed by atoms with Crippen molar-refractivity contribution in [3.05, 3.63) is 75.0 Å². The summed E-state index contributed by atoms with van der Waals surface area (Å²) in [5.41, 5.74) is 1.53. The van der Waals surface area contributed by atoms with E-state index in [1.165, 1.54) is 4.57 Å². The van der Waals surface area contributed by atoms with E-state index < -0.39 is 11.5 Å². The molecule has 0 atom stereocenters. The zero-order chi connectivity index (χ0) is 22.8. The van der Waals surface area contributed by atoms with Crippen LogP contribution in [0.25, 0.3) is 10.9 Å². The minimum absolute atomic E-state index is 0. The van der Waals surface area contributed by atoms with Crippen molar-refractivity contribution >= 4 is 40.1 Å². The van der Waals surface area contributed by atoms with E-state index in [9.17, 15) is 14.4 Å². The first kappa shape index (κ1) is 24.3. The Labute approximate surface area is 198 Å². The first-order chi connectivity index (χ1) is 15.4. The van der Waals surface area contributed by atoms with Gasteiger partial charge in [0.25, 0.3) is 11.5 Å². The predicted molar refractivity (Wildman–Crippen MR) is 131 cm³/mol. The highest BCUT2D eigenvalue weighted by Crippen LogP contribution is 2.30. The summed E-state index contributed by atoms with van der Waals surface area (Å²) in [7, 11) is 1.65. The van der Waals surface area contributed by atoms with Crippen molar-refractivity contribution in [2.24, 2.45) is 7.05 Å². The Morgan fingerprint density at radius 3 is 2.27 bits per heavy atom. The lowest BCUT2D eigenvalue weighted by Crippen LogP contribution is -2.49. The molecule has 0 radical (unpaired) electrons. The van der Waals surface area contributed by atoms with Crippen LogP contribution in [-0.2, 0) is 11.8 Å². The smallest absolute Gasteiger partial charge is 0.345 e. The van der Waals surface area contributed by atoms with Gasteiger partial charge in [-0.25, -0.2) is 4.79 Å². The van der Waals surface area contributed by atoms with Gasteiger partial charge in [-0.15, -0.1) is 0 Å². The molecule has 174 valence electrons. The molecule has 1 saturated heterocycles. The molecule has 0 bridgehead atoms. The Balaban J connectivity index is 0.00000306. The van der Waals surface area contributed by atoms with Crippen molar-refractivity contribution < 1.29 is 14.3 Å². The molecule has 33 heavy (non-hydrogen) atoms. The molecule has 4 rings (SSSR count). The maximum Gasteiger partial charge on any atom is 0.345 e. The summed E-state index contributed by atoms with van der Waals surface area (Å²) in [5, 5.41) is 1.38. The van der Waals surface area contributed by atoms with Crippen LogP contribution in [0, 0.1) is 0 Å². The van der Waals surface area contributed by atoms with Gasteiger partial charge in [-0.2, -0.15) is 0 Å². The maximum atomic E-state index is 13.1. The van der Waals surface area contributed by atoms with Crippen molar-refractivity contribution in [1.29, 1.82) is 0 Å². The molecule has 1 amide bonds. The third-order valence-corrected chi connectivity index (χ3v) is 5.98. The van der Waals surface area contributed by atoms with E-state index >= 15 is 0 Å². The Bertz CT molecular complexity index is 1230. The first-order valence-corrected chi connectivity index (χ1v) is 10.9. The van der Waals surface area contributed by atoms with E-state index in [1.807, 2.05) is 29.2 Å². The van der Waals surface area contributed by atoms with E-state index in [-0.39, 0.29) is 25.5 Å². The second kappa shape index (κ2) is 10.1. The second-order valence-corrected chi connectivity index (χ2v) is 8.05. The second-order valence-electron chi connectivity index (χ2n) is 7.61. The number of halogens is 1. The molecule has 1 aromatic heterocycles. The lowest BCUT2D eigenvalue weighted by Gasteiger charge is -2.37. The van der Waals surface area contributed by atoms with Gasteiger partial charge in [-0.3, -0.25) is 9.59 Å². The van der Waals surface area contributed by atoms with Gasteiger partial charge in [0.15, 0.2) is 0 Å². The molecule has 2 heterocycles. The number of anilines is 1. The number of amides is 1. The van der Waals surface area contributed by atoms with Crippen molar-refractivity contribution in [3.63, 3.8) is 0 Å². The number of nitrogens with zero attached hydrogens (tertiary/aromatic N) is 3. The van der Waals surface area contributed by atoms with E-state index in [4.69, 9.17) is 16.3 Å². The Morgan fingerprint density at radius 2 is 1.64 bits per heavy atom. The average molecular weight is 470 g/mol. The van der Waals surface area contributed by atoms with Crippen molar-refractivity contribution in [2.75, 3.05) is 37.7 Å². The van der Waals surface area contributed by atoms with Crippen LogP contribution in [0.2, 0.25) is 5.02 Å². The number of carbonyl (C=O) groups is 2. The normalized spacial score (nSPS) is 13.5. The number of para-hydroxylation sites is 1. The monoisotopic (exact) mass is 469 g/mol. The highest BCUT2D eigenvalue weighted by molar-refractivity contribution is 6.30. The molecule has 2 aromatic carbocycles. The molecule has 0 spiro atoms. The van der Waals surface area contributed by atoms with E-state index in [0.29, 0.717) is 42.5 Å². The van der Waals surface area contributed by atoms with Crippen LogP contribution in [0.1, 0.15) is 35.1 Å². The summed E-state index contributed by atoms with van der Waals surface area (Å²) in [5.74, 6) is -0.700. The van der Waals surface area contributed by atoms with E-state index in [2.05, 4.69) is 0 Å². The topological polar surface area (TPSA) is 71.8 Å². The highest BCUT2D eigenvalue weighted by atomic mass is 35.5. The fourth-order valence-electron chi connectivity index (χ4n) is 4.10. The minimum Gasteiger partial charge on any atom is -0.462 e. The fraction of sp³-hybridized carbons (Fsp3) is 0.320. The van der Waals surface area contributed by atoms with Gasteiger partial charge in [-0.05, 0) is 37.3 Å². The van der Waals surface area contributed by atoms with Gasteiger partial charge in [0.2, 0.25) is 0 Å². The number of piperazine rings is 1. The van der Waals surface area contributed by atoms with Gasteiger partial charge in [0.05, 0.1) is 17.8 Å². The number of pyridine rings is 1. The number of esters is 1. The summed E-state index contributed by atoms with van der Waals surface area (Å²) in [4.78, 5) is 42.5. The number of fused-ring (bicyclic) bond motifs is 1. The molecule has 0 unspecified atom stereocenters. The van der Waals surface area contributed by atoms with Gasteiger partial charge in [0.1, 0.15) is 5.56 Å². The lowest BCUT2D eigenvalue weighted by molar-refractivity contribution is 0.0523. The van der Waals surface area contributed by atoms with Crippen LogP contribution in [0.4, 0.5) is 5.69 Å². The molecule has 1 fully saturated rings. The van der Waals surface area contributed by atoms with Crippen LogP contribution in [0.3, 0.4) is 0 Å². The average Bonchev–Trinajstić information content (AvgIpc) is 2.81. The summed E-state index contributed by atoms with van der Waals surface area (Å²) in [6, 6.07) is 14.3. The molecular formula is C25H28ClN3O4. The van der Waals surface area contributed by atoms with Gasteiger partial charge in [0, 0.05) is 49.2 Å². The number of aryl methyl sites for hydroxylation is 1. The molecular weight excluding hydrogens is 442 g/mol. The molecule has 3 aromatic rings. The molecule has 1 aliphatic rings. The van der Waals surface area contributed by atoms with Crippen LogP contribution >= 0.6 is 11.6 Å². The van der Waals surface area contributed by atoms with Gasteiger partial charge in [-0.1, -0.05) is 37.2 Å². The number of carbonyl (C=O) groups excluding carboxylic acids is 2. The van der Waals surface area contributed by atoms with E-state index in [0.717, 1.165) is 10.9 Å². The lowest BCUT2D eigenvalue weighted by atomic mass is 10.1.